The van der Waals surface area contributed by atoms with Crippen LogP contribution in [0.2, 0.25) is 0 Å². The fraction of sp³-hybridized carbons (Fsp3) is 0.222. The number of primary amides is 1. The lowest BCUT2D eigenvalue weighted by atomic mass is 10.3. The van der Waals surface area contributed by atoms with Gasteiger partial charge in [-0.05, 0) is 12.1 Å². The van der Waals surface area contributed by atoms with E-state index < -0.39 is 38.2 Å². The Morgan fingerprint density at radius 2 is 1.78 bits per heavy atom. The molecule has 4 N–H and O–H groups in total. The van der Waals surface area contributed by atoms with Gasteiger partial charge in [-0.15, -0.1) is 0 Å². The summed E-state index contributed by atoms with van der Waals surface area (Å²) in [5.74, 6) is -3.95. The minimum absolute atomic E-state index is 0.226. The first-order valence-electron chi connectivity index (χ1n) is 4.64. The third-order valence-electron chi connectivity index (χ3n) is 1.90. The zero-order chi connectivity index (χ0) is 13.9. The predicted octanol–water partition coefficient (Wildman–Crippen LogP) is -0.134. The van der Waals surface area contributed by atoms with Gasteiger partial charge >= 0.3 is 0 Å². The highest BCUT2D eigenvalue weighted by atomic mass is 32.2. The largest absolute Gasteiger partial charge is 0.487 e. The van der Waals surface area contributed by atoms with E-state index >= 15 is 0 Å². The summed E-state index contributed by atoms with van der Waals surface area (Å²) in [7, 11) is -4.21. The molecule has 100 valence electrons. The zero-order valence-electron chi connectivity index (χ0n) is 9.02. The van der Waals surface area contributed by atoms with Crippen LogP contribution in [0, 0.1) is 11.6 Å². The van der Waals surface area contributed by atoms with Gasteiger partial charge in [0.15, 0.2) is 17.4 Å². The lowest BCUT2D eigenvalue weighted by molar-refractivity contribution is -0.118. The highest BCUT2D eigenvalue weighted by Gasteiger charge is 2.18. The Labute approximate surface area is 102 Å². The first kappa shape index (κ1) is 14.3. The fourth-order valence-electron chi connectivity index (χ4n) is 1.09. The molecule has 1 amide bonds. The Morgan fingerprint density at radius 3 is 2.17 bits per heavy atom. The molecule has 1 rings (SSSR count). The van der Waals surface area contributed by atoms with E-state index in [2.05, 4.69) is 4.74 Å². The number of hydrogen-bond donors (Lipinski definition) is 2. The molecule has 0 heterocycles. The van der Waals surface area contributed by atoms with E-state index in [1.807, 2.05) is 0 Å². The average Bonchev–Trinajstić information content (AvgIpc) is 2.20. The van der Waals surface area contributed by atoms with E-state index in [0.29, 0.717) is 12.1 Å². The minimum Gasteiger partial charge on any atom is -0.487 e. The van der Waals surface area contributed by atoms with Crippen LogP contribution in [0.25, 0.3) is 0 Å². The van der Waals surface area contributed by atoms with Crippen LogP contribution in [-0.4, -0.2) is 20.9 Å². The summed E-state index contributed by atoms with van der Waals surface area (Å²) in [6.07, 6.45) is -0.226. The van der Waals surface area contributed by atoms with E-state index in [4.69, 9.17) is 10.9 Å². The van der Waals surface area contributed by atoms with Gasteiger partial charge in [0.1, 0.15) is 0 Å². The second-order valence-corrected chi connectivity index (χ2v) is 4.89. The first-order chi connectivity index (χ1) is 8.21. The molecule has 0 radical (unpaired) electrons. The minimum atomic E-state index is -4.21. The molecule has 0 saturated heterocycles. The molecule has 0 bridgehead atoms. The number of nitrogens with two attached hydrogens (primary N) is 2. The van der Waals surface area contributed by atoms with Gasteiger partial charge in [0, 0.05) is 0 Å². The number of sulfonamides is 1. The molecule has 0 unspecified atom stereocenters. The van der Waals surface area contributed by atoms with Crippen LogP contribution in [0.15, 0.2) is 17.0 Å². The highest BCUT2D eigenvalue weighted by molar-refractivity contribution is 7.89. The van der Waals surface area contributed by atoms with Crippen molar-refractivity contribution in [3.63, 3.8) is 0 Å². The molecule has 6 nitrogen and oxygen atoms in total. The maximum Gasteiger partial charge on any atom is 0.238 e. The molecular formula is C9H10F2N2O4S. The summed E-state index contributed by atoms with van der Waals surface area (Å²) in [6.45, 7) is -0.322. The predicted molar refractivity (Wildman–Crippen MR) is 57.0 cm³/mol. The number of amides is 1. The van der Waals surface area contributed by atoms with Crippen molar-refractivity contribution in [2.75, 3.05) is 6.61 Å². The van der Waals surface area contributed by atoms with Crippen LogP contribution in [0.4, 0.5) is 8.78 Å². The second kappa shape index (κ2) is 5.27. The number of carbonyl (C=O) groups is 1. The summed E-state index contributed by atoms with van der Waals surface area (Å²) < 4.78 is 53.2. The van der Waals surface area contributed by atoms with Gasteiger partial charge in [0.2, 0.25) is 15.9 Å². The third-order valence-corrected chi connectivity index (χ3v) is 2.79. The lowest BCUT2D eigenvalue weighted by Gasteiger charge is -2.08. The van der Waals surface area contributed by atoms with Crippen LogP contribution in [0.3, 0.4) is 0 Å². The van der Waals surface area contributed by atoms with Crippen molar-refractivity contribution in [3.8, 4) is 5.75 Å². The number of benzene rings is 1. The van der Waals surface area contributed by atoms with Crippen molar-refractivity contribution in [1.82, 2.24) is 0 Å². The molecule has 9 heteroatoms. The molecule has 0 aliphatic heterocycles. The molecule has 0 fully saturated rings. The summed E-state index contributed by atoms with van der Waals surface area (Å²) in [5, 5.41) is 4.72. The number of ether oxygens (including phenoxy) is 1. The maximum absolute atomic E-state index is 13.4. The number of halogens is 2. The smallest absolute Gasteiger partial charge is 0.238 e. The van der Waals surface area contributed by atoms with Gasteiger partial charge in [-0.1, -0.05) is 0 Å². The van der Waals surface area contributed by atoms with Gasteiger partial charge in [-0.25, -0.2) is 22.3 Å². The fourth-order valence-corrected chi connectivity index (χ4v) is 1.63. The Kier molecular flexibility index (Phi) is 4.19. The van der Waals surface area contributed by atoms with E-state index in [0.717, 1.165) is 0 Å². The monoisotopic (exact) mass is 280 g/mol. The Bertz CT molecular complexity index is 551. The van der Waals surface area contributed by atoms with E-state index in [1.165, 1.54) is 0 Å². The quantitative estimate of drug-likeness (QED) is 0.782. The molecule has 0 aliphatic carbocycles. The van der Waals surface area contributed by atoms with Crippen molar-refractivity contribution in [3.05, 3.63) is 23.8 Å². The highest BCUT2D eigenvalue weighted by Crippen LogP contribution is 2.25. The van der Waals surface area contributed by atoms with Gasteiger partial charge < -0.3 is 10.5 Å². The Hall–Kier alpha value is -1.74. The number of rotatable bonds is 5. The maximum atomic E-state index is 13.4. The average molecular weight is 280 g/mol. The molecule has 0 aliphatic rings. The van der Waals surface area contributed by atoms with Crippen LogP contribution < -0.4 is 15.6 Å². The van der Waals surface area contributed by atoms with Gasteiger partial charge in [0.25, 0.3) is 0 Å². The second-order valence-electron chi connectivity index (χ2n) is 3.33. The van der Waals surface area contributed by atoms with Crippen LogP contribution in [0.1, 0.15) is 6.42 Å². The SMILES string of the molecule is NC(=O)CCOc1c(F)cc(S(N)(=O)=O)cc1F. The summed E-state index contributed by atoms with van der Waals surface area (Å²) in [4.78, 5) is 9.70. The van der Waals surface area contributed by atoms with E-state index in [9.17, 15) is 22.0 Å². The lowest BCUT2D eigenvalue weighted by Crippen LogP contribution is -2.16. The number of hydrogen-bond acceptors (Lipinski definition) is 4. The van der Waals surface area contributed by atoms with Crippen molar-refractivity contribution < 1.29 is 26.7 Å². The summed E-state index contributed by atoms with van der Waals surface area (Å²) >= 11 is 0. The number of primary sulfonamides is 1. The van der Waals surface area contributed by atoms with Crippen LogP contribution >= 0.6 is 0 Å². The molecule has 1 aromatic rings. The molecular weight excluding hydrogens is 270 g/mol. The van der Waals surface area contributed by atoms with E-state index in [1.54, 1.807) is 0 Å². The van der Waals surface area contributed by atoms with Gasteiger partial charge in [-0.3, -0.25) is 4.79 Å². The van der Waals surface area contributed by atoms with Crippen molar-refractivity contribution >= 4 is 15.9 Å². The standard InChI is InChI=1S/C9H10F2N2O4S/c10-6-3-5(18(13,15)16)4-7(11)9(6)17-2-1-8(12)14/h3-4H,1-2H2,(H2,12,14)(H2,13,15,16). The van der Waals surface area contributed by atoms with Crippen LogP contribution in [-0.2, 0) is 14.8 Å². The van der Waals surface area contributed by atoms with Crippen molar-refractivity contribution in [2.24, 2.45) is 10.9 Å². The molecule has 0 atom stereocenters. The zero-order valence-corrected chi connectivity index (χ0v) is 9.84. The molecule has 18 heavy (non-hydrogen) atoms. The normalized spacial score (nSPS) is 11.3. The first-order valence-corrected chi connectivity index (χ1v) is 6.19. The Balaban J connectivity index is 2.99. The topological polar surface area (TPSA) is 112 Å². The van der Waals surface area contributed by atoms with Crippen molar-refractivity contribution in [1.29, 1.82) is 0 Å². The van der Waals surface area contributed by atoms with Gasteiger partial charge in [0.05, 0.1) is 17.9 Å². The van der Waals surface area contributed by atoms with Crippen LogP contribution in [0.5, 0.6) is 5.75 Å². The molecule has 0 saturated carbocycles. The molecule has 1 aromatic carbocycles. The third kappa shape index (κ3) is 3.64. The van der Waals surface area contributed by atoms with Crippen molar-refractivity contribution in [2.45, 2.75) is 11.3 Å². The van der Waals surface area contributed by atoms with Gasteiger partial charge in [-0.2, -0.15) is 0 Å². The summed E-state index contributed by atoms with van der Waals surface area (Å²) in [6, 6.07) is 1.05. The summed E-state index contributed by atoms with van der Waals surface area (Å²) in [5.41, 5.74) is 4.81. The molecule has 0 aromatic heterocycles. The molecule has 0 spiro atoms. The number of carbonyl (C=O) groups excluding carboxylic acids is 1. The Morgan fingerprint density at radius 1 is 1.28 bits per heavy atom. The van der Waals surface area contributed by atoms with E-state index in [-0.39, 0.29) is 13.0 Å².